The Hall–Kier alpha value is -0.940. The van der Waals surface area contributed by atoms with E-state index in [1.165, 1.54) is 0 Å². The number of hydrogen-bond donors (Lipinski definition) is 1. The molecule has 15 heavy (non-hydrogen) atoms. The molecule has 0 saturated heterocycles. The summed E-state index contributed by atoms with van der Waals surface area (Å²) >= 11 is 5.63. The number of carbonyl (C=O) groups is 1. The van der Waals surface area contributed by atoms with Crippen molar-refractivity contribution in [3.8, 4) is 0 Å². The molecular weight excluding hydrogens is 236 g/mol. The van der Waals surface area contributed by atoms with Crippen LogP contribution < -0.4 is 5.32 Å². The highest BCUT2D eigenvalue weighted by molar-refractivity contribution is 7.84. The Morgan fingerprint density at radius 1 is 1.60 bits per heavy atom. The van der Waals surface area contributed by atoms with Crippen LogP contribution in [-0.4, -0.2) is 33.7 Å². The first kappa shape index (κ1) is 12.1. The summed E-state index contributed by atoms with van der Waals surface area (Å²) in [7, 11) is -0.904. The lowest BCUT2D eigenvalue weighted by molar-refractivity contribution is 0.0951. The van der Waals surface area contributed by atoms with Crippen LogP contribution in [0.15, 0.2) is 18.2 Å². The minimum atomic E-state index is -0.904. The van der Waals surface area contributed by atoms with Gasteiger partial charge in [0.2, 0.25) is 0 Å². The zero-order valence-corrected chi connectivity index (χ0v) is 9.77. The second kappa shape index (κ2) is 5.82. The standard InChI is InChI=1S/C9H11ClN2O2S/c1-15(14)6-5-11-9(13)7-3-2-4-8(10)12-7/h2-4H,5-6H2,1H3,(H,11,13). The third-order valence-electron chi connectivity index (χ3n) is 1.62. The zero-order valence-electron chi connectivity index (χ0n) is 8.20. The number of nitrogens with one attached hydrogen (secondary N) is 1. The lowest BCUT2D eigenvalue weighted by atomic mass is 10.3. The first-order chi connectivity index (χ1) is 7.09. The summed E-state index contributed by atoms with van der Waals surface area (Å²) in [6, 6.07) is 4.83. The van der Waals surface area contributed by atoms with Crippen LogP contribution >= 0.6 is 11.6 Å². The Morgan fingerprint density at radius 2 is 2.33 bits per heavy atom. The van der Waals surface area contributed by atoms with E-state index in [9.17, 15) is 9.00 Å². The molecule has 0 bridgehead atoms. The monoisotopic (exact) mass is 246 g/mol. The van der Waals surface area contributed by atoms with Gasteiger partial charge < -0.3 is 5.32 Å². The third kappa shape index (κ3) is 4.40. The van der Waals surface area contributed by atoms with Crippen LogP contribution in [0.4, 0.5) is 0 Å². The van der Waals surface area contributed by atoms with E-state index in [2.05, 4.69) is 10.3 Å². The van der Waals surface area contributed by atoms with Crippen molar-refractivity contribution in [3.05, 3.63) is 29.0 Å². The summed E-state index contributed by atoms with van der Waals surface area (Å²) < 4.78 is 10.7. The molecule has 1 aromatic heterocycles. The zero-order chi connectivity index (χ0) is 11.3. The SMILES string of the molecule is CS(=O)CCNC(=O)c1cccc(Cl)n1. The molecule has 1 heterocycles. The molecule has 4 nitrogen and oxygen atoms in total. The van der Waals surface area contributed by atoms with Gasteiger partial charge >= 0.3 is 0 Å². The van der Waals surface area contributed by atoms with Crippen molar-refractivity contribution < 1.29 is 9.00 Å². The van der Waals surface area contributed by atoms with E-state index in [1.54, 1.807) is 24.5 Å². The number of aromatic nitrogens is 1. The predicted octanol–water partition coefficient (Wildman–Crippen LogP) is 0.843. The van der Waals surface area contributed by atoms with Crippen LogP contribution in [0.3, 0.4) is 0 Å². The molecule has 0 saturated carbocycles. The molecule has 0 radical (unpaired) electrons. The van der Waals surface area contributed by atoms with Crippen molar-refractivity contribution in [2.75, 3.05) is 18.6 Å². The molecule has 0 aliphatic rings. The van der Waals surface area contributed by atoms with Crippen molar-refractivity contribution >= 4 is 28.3 Å². The normalized spacial score (nSPS) is 12.1. The fourth-order valence-corrected chi connectivity index (χ4v) is 1.49. The van der Waals surface area contributed by atoms with E-state index in [0.29, 0.717) is 12.3 Å². The Kier molecular flexibility index (Phi) is 4.71. The van der Waals surface area contributed by atoms with Gasteiger partial charge in [-0.1, -0.05) is 17.7 Å². The van der Waals surface area contributed by atoms with Gasteiger partial charge in [-0.25, -0.2) is 4.98 Å². The summed E-state index contributed by atoms with van der Waals surface area (Å²) in [6.45, 7) is 0.371. The maximum atomic E-state index is 11.4. The van der Waals surface area contributed by atoms with E-state index in [1.807, 2.05) is 0 Å². The van der Waals surface area contributed by atoms with Gasteiger partial charge in [-0.3, -0.25) is 9.00 Å². The van der Waals surface area contributed by atoms with Gasteiger partial charge in [0.05, 0.1) is 0 Å². The van der Waals surface area contributed by atoms with E-state index < -0.39 is 10.8 Å². The summed E-state index contributed by atoms with van der Waals surface area (Å²) in [5, 5.41) is 2.88. The number of carbonyl (C=O) groups excluding carboxylic acids is 1. The number of pyridine rings is 1. The van der Waals surface area contributed by atoms with Crippen LogP contribution in [0.1, 0.15) is 10.5 Å². The second-order valence-corrected chi connectivity index (χ2v) is 4.82. The highest BCUT2D eigenvalue weighted by atomic mass is 35.5. The molecule has 1 amide bonds. The molecule has 0 aliphatic heterocycles. The van der Waals surface area contributed by atoms with Crippen LogP contribution in [0, 0.1) is 0 Å². The maximum absolute atomic E-state index is 11.4. The molecule has 1 unspecified atom stereocenters. The summed E-state index contributed by atoms with van der Waals surface area (Å²) in [6.07, 6.45) is 1.59. The summed E-state index contributed by atoms with van der Waals surface area (Å²) in [5.41, 5.74) is 0.268. The van der Waals surface area contributed by atoms with Crippen LogP contribution in [0.25, 0.3) is 0 Å². The molecule has 6 heteroatoms. The van der Waals surface area contributed by atoms with Gasteiger partial charge in [-0.2, -0.15) is 0 Å². The molecule has 1 atom stereocenters. The number of halogens is 1. The summed E-state index contributed by atoms with van der Waals surface area (Å²) in [4.78, 5) is 15.3. The fourth-order valence-electron chi connectivity index (χ4n) is 0.934. The third-order valence-corrected chi connectivity index (χ3v) is 2.61. The van der Waals surface area contributed by atoms with E-state index in [4.69, 9.17) is 11.6 Å². The highest BCUT2D eigenvalue weighted by Gasteiger charge is 2.06. The molecule has 0 fully saturated rings. The smallest absolute Gasteiger partial charge is 0.269 e. The quantitative estimate of drug-likeness (QED) is 0.801. The van der Waals surface area contributed by atoms with Gasteiger partial charge in [-0.15, -0.1) is 0 Å². The summed E-state index contributed by atoms with van der Waals surface area (Å²) in [5.74, 6) is 0.134. The maximum Gasteiger partial charge on any atom is 0.269 e. The number of hydrogen-bond acceptors (Lipinski definition) is 3. The largest absolute Gasteiger partial charge is 0.350 e. The van der Waals surface area contributed by atoms with Crippen molar-refractivity contribution in [2.45, 2.75) is 0 Å². The van der Waals surface area contributed by atoms with E-state index in [-0.39, 0.29) is 16.8 Å². The Morgan fingerprint density at radius 3 is 2.93 bits per heavy atom. The van der Waals surface area contributed by atoms with Crippen LogP contribution in [0.5, 0.6) is 0 Å². The lowest BCUT2D eigenvalue weighted by Crippen LogP contribution is -2.28. The van der Waals surface area contributed by atoms with Crippen molar-refractivity contribution in [1.82, 2.24) is 10.3 Å². The Bertz CT molecular complexity index is 384. The Balaban J connectivity index is 2.50. The molecule has 1 N–H and O–H groups in total. The van der Waals surface area contributed by atoms with Gasteiger partial charge in [0.15, 0.2) is 0 Å². The van der Waals surface area contributed by atoms with Crippen molar-refractivity contribution in [1.29, 1.82) is 0 Å². The van der Waals surface area contributed by atoms with Crippen molar-refractivity contribution in [3.63, 3.8) is 0 Å². The number of amides is 1. The van der Waals surface area contributed by atoms with Gasteiger partial charge in [0.1, 0.15) is 10.8 Å². The first-order valence-corrected chi connectivity index (χ1v) is 6.41. The molecule has 0 spiro atoms. The van der Waals surface area contributed by atoms with E-state index in [0.717, 1.165) is 0 Å². The molecule has 0 aromatic carbocycles. The minimum absolute atomic E-state index is 0.268. The average Bonchev–Trinajstić information content (AvgIpc) is 2.17. The van der Waals surface area contributed by atoms with Gasteiger partial charge in [0.25, 0.3) is 5.91 Å². The molecule has 1 rings (SSSR count). The van der Waals surface area contributed by atoms with Crippen LogP contribution in [-0.2, 0) is 10.8 Å². The molecule has 1 aromatic rings. The average molecular weight is 247 g/mol. The molecular formula is C9H11ClN2O2S. The fraction of sp³-hybridized carbons (Fsp3) is 0.333. The topological polar surface area (TPSA) is 59.1 Å². The van der Waals surface area contributed by atoms with Crippen LogP contribution in [0.2, 0.25) is 5.15 Å². The van der Waals surface area contributed by atoms with Gasteiger partial charge in [-0.05, 0) is 12.1 Å². The van der Waals surface area contributed by atoms with Gasteiger partial charge in [0, 0.05) is 29.4 Å². The highest BCUT2D eigenvalue weighted by Crippen LogP contribution is 2.04. The molecule has 0 aliphatic carbocycles. The Labute approximate surface area is 95.5 Å². The lowest BCUT2D eigenvalue weighted by Gasteiger charge is -2.03. The predicted molar refractivity (Wildman–Crippen MR) is 60.5 cm³/mol. The number of nitrogens with zero attached hydrogens (tertiary/aromatic N) is 1. The number of rotatable bonds is 4. The van der Waals surface area contributed by atoms with Crippen molar-refractivity contribution in [2.24, 2.45) is 0 Å². The first-order valence-electron chi connectivity index (χ1n) is 4.30. The molecule has 82 valence electrons. The minimum Gasteiger partial charge on any atom is -0.350 e. The van der Waals surface area contributed by atoms with E-state index >= 15 is 0 Å². The second-order valence-electron chi connectivity index (χ2n) is 2.88.